The molecule has 1 fully saturated rings. The molecular formula is C12H21F3N2O2. The molecule has 1 amide bonds. The van der Waals surface area contributed by atoms with Crippen molar-refractivity contribution >= 4 is 5.91 Å². The average molecular weight is 282 g/mol. The van der Waals surface area contributed by atoms with Gasteiger partial charge in [-0.2, -0.15) is 13.2 Å². The van der Waals surface area contributed by atoms with Crippen LogP contribution in [-0.4, -0.2) is 54.9 Å². The molecule has 0 aromatic heterocycles. The van der Waals surface area contributed by atoms with Gasteiger partial charge in [-0.1, -0.05) is 0 Å². The van der Waals surface area contributed by atoms with Crippen LogP contribution in [0.1, 0.15) is 25.7 Å². The van der Waals surface area contributed by atoms with Gasteiger partial charge in [-0.15, -0.1) is 0 Å². The van der Waals surface area contributed by atoms with E-state index in [4.69, 9.17) is 5.11 Å². The molecule has 0 radical (unpaired) electrons. The number of aliphatic hydroxyl groups is 1. The number of alkyl halides is 3. The summed E-state index contributed by atoms with van der Waals surface area (Å²) in [6, 6.07) is 0. The number of halogens is 3. The van der Waals surface area contributed by atoms with Crippen molar-refractivity contribution in [2.75, 3.05) is 32.8 Å². The quantitative estimate of drug-likeness (QED) is 0.768. The lowest BCUT2D eigenvalue weighted by molar-refractivity contribution is -0.162. The zero-order valence-corrected chi connectivity index (χ0v) is 10.9. The van der Waals surface area contributed by atoms with Gasteiger partial charge in [-0.05, 0) is 38.3 Å². The van der Waals surface area contributed by atoms with E-state index in [-0.39, 0.29) is 13.0 Å². The number of piperidine rings is 1. The molecule has 1 rings (SSSR count). The van der Waals surface area contributed by atoms with Gasteiger partial charge in [0.1, 0.15) is 6.54 Å². The van der Waals surface area contributed by atoms with Crippen molar-refractivity contribution in [3.63, 3.8) is 0 Å². The highest BCUT2D eigenvalue weighted by Crippen LogP contribution is 2.20. The summed E-state index contributed by atoms with van der Waals surface area (Å²) in [6.45, 7) is -0.179. The van der Waals surface area contributed by atoms with Gasteiger partial charge in [0.2, 0.25) is 5.91 Å². The maximum absolute atomic E-state index is 12.3. The zero-order valence-electron chi connectivity index (χ0n) is 10.9. The molecule has 0 bridgehead atoms. The molecule has 0 spiro atoms. The Hall–Kier alpha value is -0.820. The van der Waals surface area contributed by atoms with Gasteiger partial charge in [0.05, 0.1) is 6.61 Å². The zero-order chi connectivity index (χ0) is 14.3. The molecule has 4 nitrogen and oxygen atoms in total. The smallest absolute Gasteiger partial charge is 0.395 e. The minimum atomic E-state index is -4.42. The number of nitrogens with one attached hydrogen (secondary N) is 1. The molecule has 7 heteroatoms. The number of amides is 1. The fourth-order valence-electron chi connectivity index (χ4n) is 2.29. The highest BCUT2D eigenvalue weighted by Gasteiger charge is 2.32. The summed E-state index contributed by atoms with van der Waals surface area (Å²) in [4.78, 5) is 12.4. The summed E-state index contributed by atoms with van der Waals surface area (Å²) >= 11 is 0. The molecule has 112 valence electrons. The number of carbonyl (C=O) groups excluding carboxylic acids is 1. The molecule has 19 heavy (non-hydrogen) atoms. The standard InChI is InChI=1S/C12H21F3N2O2/c13-12(14,15)9-17(7-8-18)11(19)2-1-10-3-5-16-6-4-10/h10,16,18H,1-9H2. The second-order valence-electron chi connectivity index (χ2n) is 4.89. The highest BCUT2D eigenvalue weighted by molar-refractivity contribution is 5.76. The lowest BCUT2D eigenvalue weighted by atomic mass is 9.93. The van der Waals surface area contributed by atoms with Crippen LogP contribution in [0.5, 0.6) is 0 Å². The molecular weight excluding hydrogens is 261 g/mol. The number of aliphatic hydroxyl groups excluding tert-OH is 1. The van der Waals surface area contributed by atoms with Crippen LogP contribution in [0.15, 0.2) is 0 Å². The SMILES string of the molecule is O=C(CCC1CCNCC1)N(CCO)CC(F)(F)F. The number of carbonyl (C=O) groups is 1. The first-order chi connectivity index (χ1) is 8.92. The topological polar surface area (TPSA) is 52.6 Å². The van der Waals surface area contributed by atoms with E-state index in [0.717, 1.165) is 25.9 Å². The monoisotopic (exact) mass is 282 g/mol. The Kier molecular flexibility index (Phi) is 6.57. The molecule has 1 aliphatic rings. The minimum Gasteiger partial charge on any atom is -0.395 e. The average Bonchev–Trinajstić information content (AvgIpc) is 2.35. The third-order valence-electron chi connectivity index (χ3n) is 3.32. The third kappa shape index (κ3) is 6.77. The van der Waals surface area contributed by atoms with E-state index in [0.29, 0.717) is 17.2 Å². The Morgan fingerprint density at radius 1 is 1.32 bits per heavy atom. The first-order valence-electron chi connectivity index (χ1n) is 6.58. The largest absolute Gasteiger partial charge is 0.406 e. The highest BCUT2D eigenvalue weighted by atomic mass is 19.4. The summed E-state index contributed by atoms with van der Waals surface area (Å²) in [5.41, 5.74) is 0. The van der Waals surface area contributed by atoms with Crippen LogP contribution in [0.3, 0.4) is 0 Å². The predicted octanol–water partition coefficient (Wildman–Crippen LogP) is 1.15. The first kappa shape index (κ1) is 16.2. The second kappa shape index (κ2) is 7.69. The van der Waals surface area contributed by atoms with E-state index in [1.54, 1.807) is 0 Å². The van der Waals surface area contributed by atoms with Crippen LogP contribution in [0, 0.1) is 5.92 Å². The van der Waals surface area contributed by atoms with Crippen LogP contribution >= 0.6 is 0 Å². The third-order valence-corrected chi connectivity index (χ3v) is 3.32. The summed E-state index contributed by atoms with van der Waals surface area (Å²) in [5, 5.41) is 11.9. The van der Waals surface area contributed by atoms with Crippen LogP contribution < -0.4 is 5.32 Å². The number of rotatable bonds is 6. The van der Waals surface area contributed by atoms with Crippen LogP contribution in [0.2, 0.25) is 0 Å². The molecule has 0 aromatic carbocycles. The maximum Gasteiger partial charge on any atom is 0.406 e. The van der Waals surface area contributed by atoms with Crippen molar-refractivity contribution in [2.45, 2.75) is 31.9 Å². The molecule has 0 saturated carbocycles. The van der Waals surface area contributed by atoms with Gasteiger partial charge in [-0.25, -0.2) is 0 Å². The summed E-state index contributed by atoms with van der Waals surface area (Å²) < 4.78 is 36.9. The maximum atomic E-state index is 12.3. The van der Waals surface area contributed by atoms with Crippen molar-refractivity contribution in [1.82, 2.24) is 10.2 Å². The van der Waals surface area contributed by atoms with Crippen molar-refractivity contribution in [3.05, 3.63) is 0 Å². The summed E-state index contributed by atoms with van der Waals surface area (Å²) in [5.74, 6) is -0.114. The molecule has 1 saturated heterocycles. The minimum absolute atomic E-state index is 0.126. The van der Waals surface area contributed by atoms with Crippen molar-refractivity contribution in [1.29, 1.82) is 0 Å². The fraction of sp³-hybridized carbons (Fsp3) is 0.917. The molecule has 0 atom stereocenters. The Bertz CT molecular complexity index is 279. The van der Waals surface area contributed by atoms with Gasteiger partial charge in [0.25, 0.3) is 0 Å². The van der Waals surface area contributed by atoms with Crippen molar-refractivity contribution in [3.8, 4) is 0 Å². The lowest BCUT2D eigenvalue weighted by Gasteiger charge is -2.26. The molecule has 2 N–H and O–H groups in total. The molecule has 1 heterocycles. The van der Waals surface area contributed by atoms with E-state index in [2.05, 4.69) is 5.32 Å². The fourth-order valence-corrected chi connectivity index (χ4v) is 2.29. The van der Waals surface area contributed by atoms with Gasteiger partial charge in [-0.3, -0.25) is 4.79 Å². The Labute approximate surface area is 111 Å². The number of hydrogen-bond acceptors (Lipinski definition) is 3. The number of hydrogen-bond donors (Lipinski definition) is 2. The van der Waals surface area contributed by atoms with Gasteiger partial charge in [0, 0.05) is 13.0 Å². The van der Waals surface area contributed by atoms with E-state index in [9.17, 15) is 18.0 Å². The molecule has 0 aliphatic carbocycles. The van der Waals surface area contributed by atoms with Gasteiger partial charge < -0.3 is 15.3 Å². The molecule has 1 aliphatic heterocycles. The Balaban J connectivity index is 2.38. The van der Waals surface area contributed by atoms with E-state index in [1.807, 2.05) is 0 Å². The van der Waals surface area contributed by atoms with Gasteiger partial charge in [0.15, 0.2) is 0 Å². The van der Waals surface area contributed by atoms with Crippen molar-refractivity contribution in [2.24, 2.45) is 5.92 Å². The summed E-state index contributed by atoms with van der Waals surface area (Å²) in [6.07, 6.45) is -1.74. The van der Waals surface area contributed by atoms with Crippen LogP contribution in [0.4, 0.5) is 13.2 Å². The second-order valence-corrected chi connectivity index (χ2v) is 4.89. The lowest BCUT2D eigenvalue weighted by Crippen LogP contribution is -2.40. The van der Waals surface area contributed by atoms with E-state index < -0.39 is 25.2 Å². The van der Waals surface area contributed by atoms with Crippen LogP contribution in [-0.2, 0) is 4.79 Å². The molecule has 0 aromatic rings. The predicted molar refractivity (Wildman–Crippen MR) is 64.5 cm³/mol. The number of nitrogens with zero attached hydrogens (tertiary/aromatic N) is 1. The molecule has 0 unspecified atom stereocenters. The normalized spacial score (nSPS) is 17.5. The van der Waals surface area contributed by atoms with Crippen LogP contribution in [0.25, 0.3) is 0 Å². The summed E-state index contributed by atoms with van der Waals surface area (Å²) in [7, 11) is 0. The van der Waals surface area contributed by atoms with Gasteiger partial charge >= 0.3 is 6.18 Å². The van der Waals surface area contributed by atoms with E-state index >= 15 is 0 Å². The Morgan fingerprint density at radius 3 is 2.47 bits per heavy atom. The Morgan fingerprint density at radius 2 is 1.95 bits per heavy atom. The van der Waals surface area contributed by atoms with E-state index in [1.165, 1.54) is 0 Å². The first-order valence-corrected chi connectivity index (χ1v) is 6.58. The van der Waals surface area contributed by atoms with Crippen molar-refractivity contribution < 1.29 is 23.1 Å².